The minimum Gasteiger partial charge on any atom is -0.344 e. The molecule has 0 radical (unpaired) electrons. The molecular formula is C11H17N5. The Kier molecular flexibility index (Phi) is 3.05. The predicted molar refractivity (Wildman–Crippen MR) is 62.0 cm³/mol. The average Bonchev–Trinajstić information content (AvgIpc) is 2.87. The van der Waals surface area contributed by atoms with Gasteiger partial charge in [0.1, 0.15) is 5.69 Å². The van der Waals surface area contributed by atoms with Crippen LogP contribution in [0.5, 0.6) is 0 Å². The smallest absolute Gasteiger partial charge is 0.102 e. The maximum atomic E-state index is 4.09. The maximum Gasteiger partial charge on any atom is 0.102 e. The summed E-state index contributed by atoms with van der Waals surface area (Å²) in [4.78, 5) is 0. The van der Waals surface area contributed by atoms with Gasteiger partial charge in [0.25, 0.3) is 0 Å². The molecule has 0 bridgehead atoms. The van der Waals surface area contributed by atoms with Crippen LogP contribution in [-0.2, 0) is 13.6 Å². The van der Waals surface area contributed by atoms with E-state index in [-0.39, 0.29) is 0 Å². The van der Waals surface area contributed by atoms with Crippen molar-refractivity contribution in [3.8, 4) is 0 Å². The molecule has 0 aliphatic carbocycles. The Morgan fingerprint density at radius 2 is 2.31 bits per heavy atom. The van der Waals surface area contributed by atoms with E-state index in [1.54, 1.807) is 4.68 Å². The van der Waals surface area contributed by atoms with Gasteiger partial charge in [-0.25, -0.2) is 0 Å². The fraction of sp³-hybridized carbons (Fsp3) is 0.455. The monoisotopic (exact) mass is 219 g/mol. The predicted octanol–water partition coefficient (Wildman–Crippen LogP) is 0.945. The van der Waals surface area contributed by atoms with E-state index >= 15 is 0 Å². The first-order chi connectivity index (χ1) is 7.70. The minimum absolute atomic E-state index is 0.340. The van der Waals surface area contributed by atoms with Crippen LogP contribution < -0.4 is 5.32 Å². The Balaban J connectivity index is 2.18. The molecule has 2 aromatic heterocycles. The Bertz CT molecular complexity index is 456. The molecule has 2 aromatic rings. The highest BCUT2D eigenvalue weighted by atomic mass is 15.4. The average molecular weight is 219 g/mol. The van der Waals surface area contributed by atoms with Gasteiger partial charge in [-0.2, -0.15) is 0 Å². The number of hydrogen-bond donors (Lipinski definition) is 1. The number of hydrogen-bond acceptors (Lipinski definition) is 3. The fourth-order valence-corrected chi connectivity index (χ4v) is 1.75. The molecule has 1 unspecified atom stereocenters. The van der Waals surface area contributed by atoms with Crippen molar-refractivity contribution in [3.63, 3.8) is 0 Å². The molecule has 5 heteroatoms. The van der Waals surface area contributed by atoms with E-state index in [1.165, 1.54) is 5.69 Å². The van der Waals surface area contributed by atoms with Crippen molar-refractivity contribution in [2.45, 2.75) is 19.5 Å². The topological polar surface area (TPSA) is 47.7 Å². The number of nitrogens with zero attached hydrogens (tertiary/aromatic N) is 4. The third kappa shape index (κ3) is 2.14. The van der Waals surface area contributed by atoms with E-state index in [9.17, 15) is 0 Å². The van der Waals surface area contributed by atoms with Crippen molar-refractivity contribution in [2.75, 3.05) is 7.05 Å². The van der Waals surface area contributed by atoms with Gasteiger partial charge in [-0.3, -0.25) is 4.68 Å². The number of nitrogens with one attached hydrogen (secondary N) is 1. The van der Waals surface area contributed by atoms with Crippen LogP contribution in [0.4, 0.5) is 0 Å². The number of rotatable bonds is 4. The van der Waals surface area contributed by atoms with E-state index in [0.717, 1.165) is 12.2 Å². The molecule has 0 spiro atoms. The zero-order valence-electron chi connectivity index (χ0n) is 9.88. The van der Waals surface area contributed by atoms with E-state index in [0.29, 0.717) is 6.04 Å². The summed E-state index contributed by atoms with van der Waals surface area (Å²) in [5, 5.41) is 11.3. The van der Waals surface area contributed by atoms with Gasteiger partial charge in [0, 0.05) is 31.2 Å². The number of aryl methyl sites for hydroxylation is 1. The first kappa shape index (κ1) is 10.9. The van der Waals surface area contributed by atoms with Gasteiger partial charge in [0.05, 0.1) is 6.54 Å². The number of aromatic nitrogens is 4. The SMILES string of the molecule is CNC(C)c1cccn1Cc1cn(C)nn1. The quantitative estimate of drug-likeness (QED) is 0.832. The van der Waals surface area contributed by atoms with Crippen molar-refractivity contribution in [1.82, 2.24) is 24.9 Å². The van der Waals surface area contributed by atoms with Crippen LogP contribution in [0.1, 0.15) is 24.4 Å². The summed E-state index contributed by atoms with van der Waals surface area (Å²) in [5.74, 6) is 0. The lowest BCUT2D eigenvalue weighted by atomic mass is 10.2. The lowest BCUT2D eigenvalue weighted by molar-refractivity contribution is 0.586. The highest BCUT2D eigenvalue weighted by Crippen LogP contribution is 2.13. The fourth-order valence-electron chi connectivity index (χ4n) is 1.75. The first-order valence-corrected chi connectivity index (χ1v) is 5.38. The van der Waals surface area contributed by atoms with E-state index in [4.69, 9.17) is 0 Å². The van der Waals surface area contributed by atoms with Crippen molar-refractivity contribution in [2.24, 2.45) is 7.05 Å². The van der Waals surface area contributed by atoms with Crippen LogP contribution in [0.25, 0.3) is 0 Å². The zero-order valence-corrected chi connectivity index (χ0v) is 9.88. The molecule has 1 atom stereocenters. The van der Waals surface area contributed by atoms with Gasteiger partial charge >= 0.3 is 0 Å². The second-order valence-electron chi connectivity index (χ2n) is 3.95. The molecule has 0 aliphatic rings. The van der Waals surface area contributed by atoms with Crippen molar-refractivity contribution >= 4 is 0 Å². The summed E-state index contributed by atoms with van der Waals surface area (Å²) in [6.45, 7) is 2.91. The van der Waals surface area contributed by atoms with Gasteiger partial charge in [-0.1, -0.05) is 5.21 Å². The first-order valence-electron chi connectivity index (χ1n) is 5.38. The summed E-state index contributed by atoms with van der Waals surface area (Å²) >= 11 is 0. The minimum atomic E-state index is 0.340. The van der Waals surface area contributed by atoms with Crippen molar-refractivity contribution in [1.29, 1.82) is 0 Å². The van der Waals surface area contributed by atoms with Gasteiger partial charge in [-0.15, -0.1) is 5.10 Å². The molecule has 0 fully saturated rings. The van der Waals surface area contributed by atoms with Gasteiger partial charge in [0.2, 0.25) is 0 Å². The van der Waals surface area contributed by atoms with Crippen molar-refractivity contribution < 1.29 is 0 Å². The lowest BCUT2D eigenvalue weighted by Crippen LogP contribution is -2.17. The Morgan fingerprint density at radius 3 is 2.94 bits per heavy atom. The molecule has 0 amide bonds. The van der Waals surface area contributed by atoms with Crippen molar-refractivity contribution in [3.05, 3.63) is 35.9 Å². The molecule has 1 N–H and O–H groups in total. The standard InChI is InChI=1S/C11H17N5/c1-9(12-2)11-5-4-6-16(11)8-10-7-15(3)14-13-10/h4-7,9,12H,8H2,1-3H3. The second-order valence-corrected chi connectivity index (χ2v) is 3.95. The summed E-state index contributed by atoms with van der Waals surface area (Å²) < 4.78 is 3.91. The van der Waals surface area contributed by atoms with Gasteiger partial charge in [0.15, 0.2) is 0 Å². The van der Waals surface area contributed by atoms with Crippen LogP contribution in [-0.4, -0.2) is 26.6 Å². The molecule has 2 heterocycles. The van der Waals surface area contributed by atoms with E-state index in [1.807, 2.05) is 20.3 Å². The van der Waals surface area contributed by atoms with Gasteiger partial charge in [-0.05, 0) is 26.1 Å². The maximum absolute atomic E-state index is 4.09. The summed E-state index contributed by atoms with van der Waals surface area (Å²) in [6.07, 6.45) is 4.01. The Morgan fingerprint density at radius 1 is 1.50 bits per heavy atom. The molecule has 0 saturated carbocycles. The second kappa shape index (κ2) is 4.49. The van der Waals surface area contributed by atoms with Gasteiger partial charge < -0.3 is 9.88 Å². The Labute approximate surface area is 95.1 Å². The third-order valence-electron chi connectivity index (χ3n) is 2.72. The van der Waals surface area contributed by atoms with E-state index in [2.05, 4.69) is 45.4 Å². The molecule has 86 valence electrons. The highest BCUT2D eigenvalue weighted by molar-refractivity contribution is 5.13. The molecule has 0 aromatic carbocycles. The normalized spacial score (nSPS) is 12.9. The van der Waals surface area contributed by atoms with E-state index < -0.39 is 0 Å². The summed E-state index contributed by atoms with van der Waals surface area (Å²) in [7, 11) is 3.84. The van der Waals surface area contributed by atoms with Crippen LogP contribution in [0.15, 0.2) is 24.5 Å². The molecular weight excluding hydrogens is 202 g/mol. The zero-order chi connectivity index (χ0) is 11.5. The van der Waals surface area contributed by atoms with Crippen LogP contribution in [0, 0.1) is 0 Å². The third-order valence-corrected chi connectivity index (χ3v) is 2.72. The molecule has 5 nitrogen and oxygen atoms in total. The summed E-state index contributed by atoms with van der Waals surface area (Å²) in [5.41, 5.74) is 2.23. The van der Waals surface area contributed by atoms with Crippen LogP contribution >= 0.6 is 0 Å². The Hall–Kier alpha value is -1.62. The highest BCUT2D eigenvalue weighted by Gasteiger charge is 2.09. The van der Waals surface area contributed by atoms with Crippen LogP contribution in [0.2, 0.25) is 0 Å². The molecule has 2 rings (SSSR count). The molecule has 0 aliphatic heterocycles. The lowest BCUT2D eigenvalue weighted by Gasteiger charge is -2.13. The van der Waals surface area contributed by atoms with Crippen LogP contribution in [0.3, 0.4) is 0 Å². The summed E-state index contributed by atoms with van der Waals surface area (Å²) in [6, 6.07) is 4.52. The molecule has 16 heavy (non-hydrogen) atoms. The molecule has 0 saturated heterocycles. The largest absolute Gasteiger partial charge is 0.344 e.